The van der Waals surface area contributed by atoms with Gasteiger partial charge in [0.25, 0.3) is 0 Å². The number of guanidine groups is 1. The highest BCUT2D eigenvalue weighted by atomic mass is 79.9. The van der Waals surface area contributed by atoms with Crippen molar-refractivity contribution in [2.75, 3.05) is 25.1 Å². The van der Waals surface area contributed by atoms with Gasteiger partial charge in [0.15, 0.2) is 0 Å². The van der Waals surface area contributed by atoms with Crippen molar-refractivity contribution in [3.63, 3.8) is 0 Å². The highest BCUT2D eigenvalue weighted by Crippen LogP contribution is 2.25. The summed E-state index contributed by atoms with van der Waals surface area (Å²) in [5.74, 6) is 5.89. The maximum atomic E-state index is 6.07. The predicted octanol–water partition coefficient (Wildman–Crippen LogP) is 2.76. The zero-order valence-corrected chi connectivity index (χ0v) is 13.1. The second-order valence-corrected chi connectivity index (χ2v) is 5.00. The fourth-order valence-corrected chi connectivity index (χ4v) is 1.87. The Labute approximate surface area is 126 Å². The van der Waals surface area contributed by atoms with E-state index in [4.69, 9.17) is 22.2 Å². The molecule has 7 heteroatoms. The van der Waals surface area contributed by atoms with Crippen LogP contribution in [-0.4, -0.2) is 25.7 Å². The van der Waals surface area contributed by atoms with E-state index in [1.165, 1.54) is 0 Å². The maximum absolute atomic E-state index is 6.07. The van der Waals surface area contributed by atoms with Gasteiger partial charge >= 0.3 is 0 Å². The van der Waals surface area contributed by atoms with Gasteiger partial charge in [-0.05, 0) is 31.5 Å². The number of ether oxygens (including phenoxy) is 1. The van der Waals surface area contributed by atoms with E-state index in [2.05, 4.69) is 31.7 Å². The Morgan fingerprint density at radius 2 is 2.32 bits per heavy atom. The minimum absolute atomic E-state index is 0.469. The van der Waals surface area contributed by atoms with Crippen LogP contribution >= 0.6 is 27.5 Å². The molecule has 5 nitrogen and oxygen atoms in total. The Kier molecular flexibility index (Phi) is 7.81. The van der Waals surface area contributed by atoms with E-state index in [1.54, 1.807) is 6.07 Å². The Morgan fingerprint density at radius 3 is 3.00 bits per heavy atom. The van der Waals surface area contributed by atoms with E-state index in [-0.39, 0.29) is 0 Å². The summed E-state index contributed by atoms with van der Waals surface area (Å²) < 4.78 is 6.16. The largest absolute Gasteiger partial charge is 0.382 e. The molecule has 0 aromatic heterocycles. The molecule has 0 spiro atoms. The van der Waals surface area contributed by atoms with Crippen molar-refractivity contribution in [3.05, 3.63) is 27.7 Å². The molecular formula is C12H18BrClN4O. The number of benzene rings is 1. The summed E-state index contributed by atoms with van der Waals surface area (Å²) in [5.41, 5.74) is 3.25. The van der Waals surface area contributed by atoms with Crippen LogP contribution in [0.1, 0.15) is 13.3 Å². The van der Waals surface area contributed by atoms with Gasteiger partial charge < -0.3 is 10.1 Å². The van der Waals surface area contributed by atoms with Gasteiger partial charge in [-0.2, -0.15) is 0 Å². The SMILES string of the molecule is CCOCCCN=C(NN)Nc1cc(Br)ccc1Cl. The molecule has 0 atom stereocenters. The van der Waals surface area contributed by atoms with Gasteiger partial charge in [-0.3, -0.25) is 10.4 Å². The fraction of sp³-hybridized carbons (Fsp3) is 0.417. The van der Waals surface area contributed by atoms with E-state index in [0.717, 1.165) is 23.2 Å². The molecule has 106 valence electrons. The summed E-state index contributed by atoms with van der Waals surface area (Å²) in [5, 5.41) is 3.64. The summed E-state index contributed by atoms with van der Waals surface area (Å²) in [6.07, 6.45) is 0.840. The first kappa shape index (κ1) is 16.2. The third kappa shape index (κ3) is 6.24. The second-order valence-electron chi connectivity index (χ2n) is 3.67. The number of hydrogen-bond acceptors (Lipinski definition) is 3. The normalized spacial score (nSPS) is 11.5. The maximum Gasteiger partial charge on any atom is 0.210 e. The van der Waals surface area contributed by atoms with Gasteiger partial charge in [-0.15, -0.1) is 0 Å². The molecule has 0 amide bonds. The van der Waals surface area contributed by atoms with E-state index in [0.29, 0.717) is 24.1 Å². The van der Waals surface area contributed by atoms with Gasteiger partial charge in [0.1, 0.15) is 0 Å². The lowest BCUT2D eigenvalue weighted by Gasteiger charge is -2.11. The molecule has 0 aliphatic carbocycles. The van der Waals surface area contributed by atoms with Gasteiger partial charge in [-0.25, -0.2) is 5.84 Å². The first-order valence-corrected chi connectivity index (χ1v) is 7.15. The first-order chi connectivity index (χ1) is 9.17. The monoisotopic (exact) mass is 348 g/mol. The van der Waals surface area contributed by atoms with E-state index >= 15 is 0 Å². The molecule has 1 rings (SSSR count). The smallest absolute Gasteiger partial charge is 0.210 e. The third-order valence-corrected chi connectivity index (χ3v) is 3.06. The number of nitrogens with one attached hydrogen (secondary N) is 2. The Morgan fingerprint density at radius 1 is 1.53 bits per heavy atom. The summed E-state index contributed by atoms with van der Waals surface area (Å²) >= 11 is 9.46. The van der Waals surface area contributed by atoms with Crippen LogP contribution in [0.3, 0.4) is 0 Å². The van der Waals surface area contributed by atoms with Crippen molar-refractivity contribution in [2.24, 2.45) is 10.8 Å². The van der Waals surface area contributed by atoms with E-state index < -0.39 is 0 Å². The molecule has 4 N–H and O–H groups in total. The number of nitrogens with two attached hydrogens (primary N) is 1. The molecule has 0 fully saturated rings. The van der Waals surface area contributed by atoms with E-state index in [9.17, 15) is 0 Å². The van der Waals surface area contributed by atoms with E-state index in [1.807, 2.05) is 19.1 Å². The molecule has 0 saturated carbocycles. The van der Waals surface area contributed by atoms with Crippen LogP contribution in [0.5, 0.6) is 0 Å². The summed E-state index contributed by atoms with van der Waals surface area (Å²) in [4.78, 5) is 4.30. The lowest BCUT2D eigenvalue weighted by Crippen LogP contribution is -2.36. The number of halogens is 2. The lowest BCUT2D eigenvalue weighted by atomic mass is 10.3. The Bertz CT molecular complexity index is 428. The first-order valence-electron chi connectivity index (χ1n) is 5.98. The zero-order valence-electron chi connectivity index (χ0n) is 10.7. The van der Waals surface area contributed by atoms with Gasteiger partial charge in [0.2, 0.25) is 5.96 Å². The van der Waals surface area contributed by atoms with Crippen molar-refractivity contribution in [1.82, 2.24) is 5.43 Å². The highest BCUT2D eigenvalue weighted by Gasteiger charge is 2.03. The number of hydrazine groups is 1. The summed E-state index contributed by atoms with van der Waals surface area (Å²) in [6.45, 7) is 4.00. The topological polar surface area (TPSA) is 71.7 Å². The van der Waals surface area contributed by atoms with Gasteiger partial charge in [0, 0.05) is 24.2 Å². The molecule has 0 bridgehead atoms. The highest BCUT2D eigenvalue weighted by molar-refractivity contribution is 9.10. The number of nitrogens with zero attached hydrogens (tertiary/aromatic N) is 1. The zero-order chi connectivity index (χ0) is 14.1. The number of anilines is 1. The molecule has 0 aliphatic rings. The quantitative estimate of drug-likeness (QED) is 0.243. The van der Waals surface area contributed by atoms with Crippen LogP contribution in [0.2, 0.25) is 5.02 Å². The average molecular weight is 350 g/mol. The third-order valence-electron chi connectivity index (χ3n) is 2.24. The molecule has 19 heavy (non-hydrogen) atoms. The predicted molar refractivity (Wildman–Crippen MR) is 83.5 cm³/mol. The molecule has 1 aromatic carbocycles. The molecule has 1 aromatic rings. The van der Waals surface area contributed by atoms with Crippen LogP contribution in [0.4, 0.5) is 5.69 Å². The van der Waals surface area contributed by atoms with Crippen molar-refractivity contribution in [3.8, 4) is 0 Å². The molecule has 0 unspecified atom stereocenters. The molecular weight excluding hydrogens is 332 g/mol. The van der Waals surface area contributed by atoms with Gasteiger partial charge in [-0.1, -0.05) is 27.5 Å². The molecule has 0 heterocycles. The number of rotatable bonds is 6. The van der Waals surface area contributed by atoms with Crippen LogP contribution in [-0.2, 0) is 4.74 Å². The van der Waals surface area contributed by atoms with Crippen molar-refractivity contribution in [1.29, 1.82) is 0 Å². The van der Waals surface area contributed by atoms with Gasteiger partial charge in [0.05, 0.1) is 10.7 Å². The van der Waals surface area contributed by atoms with Crippen LogP contribution in [0.15, 0.2) is 27.7 Å². The van der Waals surface area contributed by atoms with Crippen LogP contribution < -0.4 is 16.6 Å². The summed E-state index contributed by atoms with van der Waals surface area (Å²) in [6, 6.07) is 5.51. The van der Waals surface area contributed by atoms with Crippen molar-refractivity contribution >= 4 is 39.2 Å². The second kappa shape index (κ2) is 9.14. The summed E-state index contributed by atoms with van der Waals surface area (Å²) in [7, 11) is 0. The standard InChI is InChI=1S/C12H18BrClN4O/c1-2-19-7-3-6-16-12(18-15)17-11-8-9(13)4-5-10(11)14/h4-5,8H,2-3,6-7,15H2,1H3,(H2,16,17,18). The molecule has 0 radical (unpaired) electrons. The fourth-order valence-electron chi connectivity index (χ4n) is 1.34. The molecule has 0 aliphatic heterocycles. The minimum atomic E-state index is 0.469. The molecule has 0 saturated heterocycles. The lowest BCUT2D eigenvalue weighted by molar-refractivity contribution is 0.146. The van der Waals surface area contributed by atoms with Crippen molar-refractivity contribution < 1.29 is 4.74 Å². The Hall–Kier alpha value is -0.820. The average Bonchev–Trinajstić information content (AvgIpc) is 2.41. The van der Waals surface area contributed by atoms with Crippen molar-refractivity contribution in [2.45, 2.75) is 13.3 Å². The van der Waals surface area contributed by atoms with Crippen LogP contribution in [0, 0.1) is 0 Å². The van der Waals surface area contributed by atoms with Crippen LogP contribution in [0.25, 0.3) is 0 Å². The minimum Gasteiger partial charge on any atom is -0.382 e. The number of aliphatic imine (C=N–C) groups is 1. The number of hydrogen-bond donors (Lipinski definition) is 3. The Balaban J connectivity index is 2.55.